The number of thiophene rings is 2. The Hall–Kier alpha value is -2.75. The number of allylic oxidation sites excluding steroid dienone is 4. The smallest absolute Gasteiger partial charge is 0.139 e. The van der Waals surface area contributed by atoms with Gasteiger partial charge in [0.1, 0.15) is 19.6 Å². The molecule has 3 aromatic heterocycles. The molecule has 1 unspecified atom stereocenters. The minimum absolute atomic E-state index is 0.193. The molecule has 0 amide bonds. The highest BCUT2D eigenvalue weighted by molar-refractivity contribution is 7.11. The molecule has 3 aromatic rings. The van der Waals surface area contributed by atoms with E-state index in [9.17, 15) is 0 Å². The Morgan fingerprint density at radius 3 is 2.42 bits per heavy atom. The Kier molecular flexibility index (Phi) is 13.3. The van der Waals surface area contributed by atoms with Crippen LogP contribution in [0.5, 0.6) is 0 Å². The molecule has 38 heavy (non-hydrogen) atoms. The quantitative estimate of drug-likeness (QED) is 0.129. The van der Waals surface area contributed by atoms with Crippen molar-refractivity contribution in [1.82, 2.24) is 14.7 Å². The van der Waals surface area contributed by atoms with Gasteiger partial charge in [0.2, 0.25) is 0 Å². The van der Waals surface area contributed by atoms with E-state index in [4.69, 9.17) is 14.2 Å². The molecule has 0 saturated heterocycles. The zero-order valence-electron chi connectivity index (χ0n) is 22.8. The normalized spacial score (nSPS) is 13.7. The molecule has 0 N–H and O–H groups in total. The van der Waals surface area contributed by atoms with Crippen LogP contribution in [-0.2, 0) is 20.9 Å². The fourth-order valence-corrected chi connectivity index (χ4v) is 4.50. The largest absolute Gasteiger partial charge is 0.379 e. The van der Waals surface area contributed by atoms with E-state index in [1.807, 2.05) is 38.4 Å². The summed E-state index contributed by atoms with van der Waals surface area (Å²) in [6.07, 6.45) is 15.4. The summed E-state index contributed by atoms with van der Waals surface area (Å²) in [6.45, 7) is 8.57. The van der Waals surface area contributed by atoms with Gasteiger partial charge in [-0.2, -0.15) is 5.10 Å². The Balaban J connectivity index is 1.53. The maximum atomic E-state index is 6.22. The first-order chi connectivity index (χ1) is 18.6. The van der Waals surface area contributed by atoms with E-state index in [2.05, 4.69) is 83.2 Å². The van der Waals surface area contributed by atoms with Gasteiger partial charge in [-0.3, -0.25) is 0 Å². The van der Waals surface area contributed by atoms with E-state index in [1.54, 1.807) is 27.4 Å². The summed E-state index contributed by atoms with van der Waals surface area (Å²) in [7, 11) is 2.04. The van der Waals surface area contributed by atoms with E-state index in [0.29, 0.717) is 33.3 Å². The second-order valence-electron chi connectivity index (χ2n) is 8.71. The average molecular weight is 554 g/mol. The van der Waals surface area contributed by atoms with Crippen LogP contribution in [0.15, 0.2) is 76.8 Å². The summed E-state index contributed by atoms with van der Waals surface area (Å²) in [4.78, 5) is 4.52. The molecule has 0 radical (unpaired) electrons. The van der Waals surface area contributed by atoms with Gasteiger partial charge < -0.3 is 19.1 Å². The fraction of sp³-hybridized carbons (Fsp3) is 0.367. The lowest BCUT2D eigenvalue weighted by molar-refractivity contribution is -0.0909. The van der Waals surface area contributed by atoms with Gasteiger partial charge in [0.15, 0.2) is 0 Å². The Morgan fingerprint density at radius 2 is 1.74 bits per heavy atom. The molecule has 6 nitrogen and oxygen atoms in total. The predicted octanol–water partition coefficient (Wildman–Crippen LogP) is 7.42. The van der Waals surface area contributed by atoms with E-state index < -0.39 is 0 Å². The monoisotopic (exact) mass is 553 g/mol. The number of likely N-dealkylation sites (N-methyl/N-ethyl adjacent to an activating group) is 1. The maximum Gasteiger partial charge on any atom is 0.139 e. The molecule has 0 saturated carbocycles. The van der Waals surface area contributed by atoms with Gasteiger partial charge in [-0.1, -0.05) is 30.7 Å². The van der Waals surface area contributed by atoms with Crippen molar-refractivity contribution >= 4 is 40.9 Å². The summed E-state index contributed by atoms with van der Waals surface area (Å²) >= 11 is 3.42. The first-order valence-electron chi connectivity index (χ1n) is 12.9. The van der Waals surface area contributed by atoms with Crippen molar-refractivity contribution in [2.24, 2.45) is 0 Å². The van der Waals surface area contributed by atoms with Crippen LogP contribution in [0, 0.1) is 0 Å². The lowest BCUT2D eigenvalue weighted by Gasteiger charge is -2.24. The van der Waals surface area contributed by atoms with Crippen molar-refractivity contribution in [1.29, 1.82) is 0 Å². The number of hydrogen-bond donors (Lipinski definition) is 0. The van der Waals surface area contributed by atoms with Crippen LogP contribution in [0.2, 0.25) is 0 Å². The molecule has 1 atom stereocenters. The molecule has 204 valence electrons. The van der Waals surface area contributed by atoms with E-state index in [1.165, 1.54) is 15.3 Å². The van der Waals surface area contributed by atoms with E-state index in [0.717, 1.165) is 17.8 Å². The number of rotatable bonds is 17. The topological polar surface area (TPSA) is 48.8 Å². The molecule has 3 heterocycles. The molecule has 0 spiro atoms. The minimum Gasteiger partial charge on any atom is -0.379 e. The molecule has 3 rings (SSSR count). The molecule has 0 aromatic carbocycles. The lowest BCUT2D eigenvalue weighted by atomic mass is 10.2. The Labute approximate surface area is 235 Å². The first-order valence-corrected chi connectivity index (χ1v) is 14.7. The second kappa shape index (κ2) is 17.0. The zero-order chi connectivity index (χ0) is 27.0. The highest BCUT2D eigenvalue weighted by atomic mass is 32.1. The second-order valence-corrected chi connectivity index (χ2v) is 10.7. The summed E-state index contributed by atoms with van der Waals surface area (Å²) in [5.74, 6) is 0. The van der Waals surface area contributed by atoms with Gasteiger partial charge in [0.25, 0.3) is 0 Å². The number of aromatic nitrogens is 2. The van der Waals surface area contributed by atoms with E-state index in [-0.39, 0.29) is 6.10 Å². The maximum absolute atomic E-state index is 6.22. The van der Waals surface area contributed by atoms with Crippen molar-refractivity contribution in [3.05, 3.63) is 92.2 Å². The van der Waals surface area contributed by atoms with Crippen molar-refractivity contribution < 1.29 is 14.2 Å². The van der Waals surface area contributed by atoms with Gasteiger partial charge in [0, 0.05) is 35.3 Å². The van der Waals surface area contributed by atoms with Crippen molar-refractivity contribution in [2.45, 2.75) is 40.0 Å². The summed E-state index contributed by atoms with van der Waals surface area (Å²) in [6, 6.07) is 10.3. The van der Waals surface area contributed by atoms with Gasteiger partial charge in [-0.05, 0) is 79.6 Å². The van der Waals surface area contributed by atoms with Crippen molar-refractivity contribution in [3.8, 4) is 0 Å². The van der Waals surface area contributed by atoms with Crippen molar-refractivity contribution in [3.63, 3.8) is 0 Å². The van der Waals surface area contributed by atoms with Crippen molar-refractivity contribution in [2.75, 3.05) is 33.6 Å². The van der Waals surface area contributed by atoms with Crippen LogP contribution in [0.3, 0.4) is 0 Å². The number of hydrogen-bond acceptors (Lipinski definition) is 7. The van der Waals surface area contributed by atoms with Gasteiger partial charge in [0.05, 0.1) is 18.9 Å². The van der Waals surface area contributed by atoms with Crippen LogP contribution in [0.25, 0.3) is 18.2 Å². The first kappa shape index (κ1) is 29.8. The summed E-state index contributed by atoms with van der Waals surface area (Å²) < 4.78 is 19.6. The Bertz CT molecular complexity index is 1160. The van der Waals surface area contributed by atoms with Gasteiger partial charge >= 0.3 is 0 Å². The van der Waals surface area contributed by atoms with Crippen LogP contribution in [-0.4, -0.2) is 54.4 Å². The highest BCUT2D eigenvalue weighted by Crippen LogP contribution is 2.15. The lowest BCUT2D eigenvalue weighted by Crippen LogP contribution is -2.31. The molecule has 0 aliphatic heterocycles. The molecular weight excluding hydrogens is 514 g/mol. The third kappa shape index (κ3) is 10.9. The zero-order valence-corrected chi connectivity index (χ0v) is 24.4. The molecule has 0 aliphatic carbocycles. The molecular formula is C30H39N3O3S2. The Morgan fingerprint density at radius 1 is 1.00 bits per heavy atom. The molecule has 8 heteroatoms. The van der Waals surface area contributed by atoms with Crippen LogP contribution in [0.4, 0.5) is 0 Å². The number of ether oxygens (including phenoxy) is 3. The summed E-state index contributed by atoms with van der Waals surface area (Å²) in [5, 5.41) is 8.71. The van der Waals surface area contributed by atoms with Crippen LogP contribution < -0.4 is 0 Å². The van der Waals surface area contributed by atoms with Gasteiger partial charge in [-0.15, -0.1) is 22.7 Å². The average Bonchev–Trinajstić information content (AvgIpc) is 3.72. The predicted molar refractivity (Wildman–Crippen MR) is 161 cm³/mol. The third-order valence-corrected chi connectivity index (χ3v) is 7.34. The number of nitrogens with zero attached hydrogens (tertiary/aromatic N) is 3. The SMILES string of the molecule is CCOCC(COCn1ccc(/C=C/c2cccs2)n1)OCN(C)C(=C\C=C(/C)CC)/C=C/c1cccs1. The highest BCUT2D eigenvalue weighted by Gasteiger charge is 2.12. The summed E-state index contributed by atoms with van der Waals surface area (Å²) in [5.41, 5.74) is 3.29. The molecule has 0 aliphatic rings. The third-order valence-electron chi connectivity index (χ3n) is 5.66. The molecule has 0 fully saturated rings. The fourth-order valence-electron chi connectivity index (χ4n) is 3.26. The standard InChI is InChI=1S/C30H39N3O3S2/c1-5-25(3)11-13-27(14-16-30-10-8-20-38-30)32(4)23-36-28(21-34-6-2)22-35-24-33-18-17-26(31-33)12-15-29-9-7-19-37-29/h7-20,28H,5-6,21-24H2,1-4H3/b15-12+,16-14+,25-11+,27-13-. The van der Waals surface area contributed by atoms with Crippen LogP contribution >= 0.6 is 22.7 Å². The van der Waals surface area contributed by atoms with Gasteiger partial charge in [-0.25, -0.2) is 4.68 Å². The van der Waals surface area contributed by atoms with Crippen LogP contribution in [0.1, 0.15) is 42.6 Å². The molecule has 0 bridgehead atoms. The van der Waals surface area contributed by atoms with E-state index >= 15 is 0 Å². The minimum atomic E-state index is -0.193.